The van der Waals surface area contributed by atoms with Crippen molar-refractivity contribution in [3.63, 3.8) is 0 Å². The van der Waals surface area contributed by atoms with E-state index in [0.29, 0.717) is 11.9 Å². The van der Waals surface area contributed by atoms with E-state index in [0.717, 1.165) is 25.2 Å². The average molecular weight is 287 g/mol. The Morgan fingerprint density at radius 1 is 1.33 bits per heavy atom. The zero-order valence-electron chi connectivity index (χ0n) is 12.5. The van der Waals surface area contributed by atoms with Gasteiger partial charge in [0, 0.05) is 42.7 Å². The summed E-state index contributed by atoms with van der Waals surface area (Å²) in [5, 5.41) is 7.30. The van der Waals surface area contributed by atoms with Gasteiger partial charge < -0.3 is 4.74 Å². The van der Waals surface area contributed by atoms with Crippen molar-refractivity contribution in [3.05, 3.63) is 35.4 Å². The zero-order valence-corrected chi connectivity index (χ0v) is 12.5. The van der Waals surface area contributed by atoms with E-state index in [2.05, 4.69) is 32.0 Å². The van der Waals surface area contributed by atoms with Gasteiger partial charge in [-0.1, -0.05) is 0 Å². The number of aryl methyl sites for hydroxylation is 1. The van der Waals surface area contributed by atoms with Crippen LogP contribution in [0.25, 0.3) is 0 Å². The number of likely N-dealkylation sites (tertiary alicyclic amines) is 1. The van der Waals surface area contributed by atoms with Crippen LogP contribution in [0.1, 0.15) is 35.6 Å². The Bertz CT molecular complexity index is 580. The van der Waals surface area contributed by atoms with E-state index in [9.17, 15) is 0 Å². The van der Waals surface area contributed by atoms with Gasteiger partial charge in [-0.3, -0.25) is 10.00 Å². The number of piperidine rings is 1. The normalized spacial score (nSPS) is 19.6. The lowest BCUT2D eigenvalue weighted by Gasteiger charge is -2.32. The number of ether oxygens (including phenoxy) is 1. The second-order valence-corrected chi connectivity index (χ2v) is 5.62. The smallest absolute Gasteiger partial charge is 0.316 e. The molecule has 3 heterocycles. The van der Waals surface area contributed by atoms with Crippen molar-refractivity contribution in [1.82, 2.24) is 25.1 Å². The van der Waals surface area contributed by atoms with Crippen LogP contribution in [0.4, 0.5) is 0 Å². The van der Waals surface area contributed by atoms with Gasteiger partial charge >= 0.3 is 6.01 Å². The van der Waals surface area contributed by atoms with Crippen LogP contribution in [0.3, 0.4) is 0 Å². The first-order valence-corrected chi connectivity index (χ1v) is 7.33. The summed E-state index contributed by atoms with van der Waals surface area (Å²) in [6.07, 6.45) is 8.03. The third-order valence-corrected chi connectivity index (χ3v) is 4.05. The van der Waals surface area contributed by atoms with Gasteiger partial charge in [-0.25, -0.2) is 9.97 Å². The molecule has 1 aliphatic rings. The fourth-order valence-corrected chi connectivity index (χ4v) is 2.99. The van der Waals surface area contributed by atoms with Gasteiger partial charge in [-0.2, -0.15) is 5.10 Å². The van der Waals surface area contributed by atoms with Crippen molar-refractivity contribution >= 4 is 0 Å². The largest absolute Gasteiger partial charge is 0.467 e. The molecule has 1 saturated heterocycles. The number of hydrogen-bond donors (Lipinski definition) is 1. The summed E-state index contributed by atoms with van der Waals surface area (Å²) < 4.78 is 4.99. The maximum Gasteiger partial charge on any atom is 0.316 e. The van der Waals surface area contributed by atoms with Crippen LogP contribution in [-0.4, -0.2) is 45.3 Å². The summed E-state index contributed by atoms with van der Waals surface area (Å²) in [7, 11) is 1.58. The Labute approximate surface area is 124 Å². The summed E-state index contributed by atoms with van der Waals surface area (Å²) in [4.78, 5) is 10.8. The fraction of sp³-hybridized carbons (Fsp3) is 0.533. The van der Waals surface area contributed by atoms with E-state index < -0.39 is 0 Å². The number of methoxy groups -OCH3 is 1. The Kier molecular flexibility index (Phi) is 4.15. The number of aromatic amines is 1. The maximum atomic E-state index is 4.99. The molecule has 0 amide bonds. The SMILES string of the molecule is COc1ncc(CN2CCC[C@H](c3[nH]ncc3C)C2)cn1. The molecule has 2 aromatic heterocycles. The van der Waals surface area contributed by atoms with E-state index in [1.165, 1.54) is 24.1 Å². The van der Waals surface area contributed by atoms with Gasteiger partial charge in [0.05, 0.1) is 13.3 Å². The van der Waals surface area contributed by atoms with Crippen LogP contribution in [0.15, 0.2) is 18.6 Å². The quantitative estimate of drug-likeness (QED) is 0.930. The Hall–Kier alpha value is -1.95. The molecule has 3 rings (SSSR count). The molecule has 1 fully saturated rings. The molecule has 6 nitrogen and oxygen atoms in total. The van der Waals surface area contributed by atoms with Crippen molar-refractivity contribution in [1.29, 1.82) is 0 Å². The van der Waals surface area contributed by atoms with Gasteiger partial charge in [0.15, 0.2) is 0 Å². The zero-order chi connectivity index (χ0) is 14.7. The lowest BCUT2D eigenvalue weighted by Crippen LogP contribution is -2.34. The molecule has 112 valence electrons. The number of H-pyrrole nitrogens is 1. The minimum absolute atomic E-state index is 0.420. The molecule has 1 N–H and O–H groups in total. The second-order valence-electron chi connectivity index (χ2n) is 5.62. The topological polar surface area (TPSA) is 66.9 Å². The summed E-state index contributed by atoms with van der Waals surface area (Å²) in [5.74, 6) is 0.542. The first-order valence-electron chi connectivity index (χ1n) is 7.33. The molecule has 0 saturated carbocycles. The first-order chi connectivity index (χ1) is 10.3. The highest BCUT2D eigenvalue weighted by molar-refractivity contribution is 5.19. The number of nitrogens with zero attached hydrogens (tertiary/aromatic N) is 4. The maximum absolute atomic E-state index is 4.99. The van der Waals surface area contributed by atoms with Crippen LogP contribution in [0.2, 0.25) is 0 Å². The molecular formula is C15H21N5O. The highest BCUT2D eigenvalue weighted by atomic mass is 16.5. The molecule has 6 heteroatoms. The van der Waals surface area contributed by atoms with E-state index >= 15 is 0 Å². The van der Waals surface area contributed by atoms with Gasteiger partial charge in [-0.05, 0) is 31.9 Å². The predicted octanol–water partition coefficient (Wildman–Crippen LogP) is 1.90. The Balaban J connectivity index is 1.64. The molecule has 0 aromatic carbocycles. The van der Waals surface area contributed by atoms with Crippen molar-refractivity contribution in [2.75, 3.05) is 20.2 Å². The monoisotopic (exact) mass is 287 g/mol. The van der Waals surface area contributed by atoms with Crippen LogP contribution in [0.5, 0.6) is 6.01 Å². The van der Waals surface area contributed by atoms with Crippen LogP contribution in [0, 0.1) is 6.92 Å². The summed E-state index contributed by atoms with van der Waals surface area (Å²) in [5.41, 5.74) is 3.66. The third-order valence-electron chi connectivity index (χ3n) is 4.05. The van der Waals surface area contributed by atoms with Crippen molar-refractivity contribution < 1.29 is 4.74 Å². The summed E-state index contributed by atoms with van der Waals surface area (Å²) >= 11 is 0. The van der Waals surface area contributed by atoms with E-state index in [4.69, 9.17) is 4.74 Å². The Morgan fingerprint density at radius 2 is 2.14 bits per heavy atom. The van der Waals surface area contributed by atoms with Crippen LogP contribution in [-0.2, 0) is 6.54 Å². The third kappa shape index (κ3) is 3.21. The standard InChI is InChI=1S/C15H21N5O/c1-11-6-18-19-14(11)13-4-3-5-20(10-13)9-12-7-16-15(21-2)17-8-12/h6-8,13H,3-5,9-10H2,1-2H3,(H,18,19)/t13-/m0/s1. The van der Waals surface area contributed by atoms with Crippen molar-refractivity contribution in [3.8, 4) is 6.01 Å². The molecule has 0 unspecified atom stereocenters. The molecule has 0 aliphatic carbocycles. The van der Waals surface area contributed by atoms with E-state index in [1.807, 2.05) is 18.6 Å². The first kappa shape index (κ1) is 14.0. The summed E-state index contributed by atoms with van der Waals surface area (Å²) in [6, 6.07) is 0.420. The van der Waals surface area contributed by atoms with E-state index in [1.54, 1.807) is 7.11 Å². The minimum atomic E-state index is 0.420. The highest BCUT2D eigenvalue weighted by Gasteiger charge is 2.23. The minimum Gasteiger partial charge on any atom is -0.467 e. The van der Waals surface area contributed by atoms with Crippen LogP contribution < -0.4 is 4.74 Å². The fourth-order valence-electron chi connectivity index (χ4n) is 2.99. The molecule has 1 atom stereocenters. The van der Waals surface area contributed by atoms with Crippen molar-refractivity contribution in [2.45, 2.75) is 32.2 Å². The highest BCUT2D eigenvalue weighted by Crippen LogP contribution is 2.28. The molecule has 0 bridgehead atoms. The van der Waals surface area contributed by atoms with Gasteiger partial charge in [0.1, 0.15) is 0 Å². The molecule has 0 spiro atoms. The molecule has 1 aliphatic heterocycles. The van der Waals surface area contributed by atoms with Gasteiger partial charge in [-0.15, -0.1) is 0 Å². The van der Waals surface area contributed by atoms with Crippen LogP contribution >= 0.6 is 0 Å². The molecule has 2 aromatic rings. The average Bonchev–Trinajstić information content (AvgIpc) is 2.94. The molecular weight excluding hydrogens is 266 g/mol. The predicted molar refractivity (Wildman–Crippen MR) is 79.2 cm³/mol. The second kappa shape index (κ2) is 6.22. The number of hydrogen-bond acceptors (Lipinski definition) is 5. The lowest BCUT2D eigenvalue weighted by molar-refractivity contribution is 0.197. The number of nitrogens with one attached hydrogen (secondary N) is 1. The van der Waals surface area contributed by atoms with Gasteiger partial charge in [0.25, 0.3) is 0 Å². The molecule has 21 heavy (non-hydrogen) atoms. The summed E-state index contributed by atoms with van der Waals surface area (Å²) in [6.45, 7) is 5.17. The Morgan fingerprint density at radius 3 is 2.81 bits per heavy atom. The molecule has 0 radical (unpaired) electrons. The lowest BCUT2D eigenvalue weighted by atomic mass is 9.93. The van der Waals surface area contributed by atoms with E-state index in [-0.39, 0.29) is 0 Å². The van der Waals surface area contributed by atoms with Gasteiger partial charge in [0.2, 0.25) is 0 Å². The van der Waals surface area contributed by atoms with Crippen molar-refractivity contribution in [2.24, 2.45) is 0 Å². The number of aromatic nitrogens is 4. The number of rotatable bonds is 4.